The number of sulfonamides is 1. The van der Waals surface area contributed by atoms with Crippen molar-refractivity contribution in [2.75, 3.05) is 13.6 Å². The molecular formula is C15H20N2O2S. The standard InChI is InChI=1S/C15H20N2O2S/c1-17(11-14-4-2-3-5-14)20(18,19)12-15-8-6-13(10-16)7-9-15/h6-9,14H,2-5,11-12H2,1H3. The van der Waals surface area contributed by atoms with Crippen LogP contribution in [0.25, 0.3) is 0 Å². The maximum atomic E-state index is 12.3. The van der Waals surface area contributed by atoms with Crippen LogP contribution in [0.4, 0.5) is 0 Å². The van der Waals surface area contributed by atoms with Crippen LogP contribution in [0.3, 0.4) is 0 Å². The van der Waals surface area contributed by atoms with Crippen LogP contribution in [0.5, 0.6) is 0 Å². The molecule has 2 rings (SSSR count). The summed E-state index contributed by atoms with van der Waals surface area (Å²) in [5.74, 6) is 0.512. The fraction of sp³-hybridized carbons (Fsp3) is 0.533. The van der Waals surface area contributed by atoms with E-state index in [0.717, 1.165) is 18.4 Å². The maximum absolute atomic E-state index is 12.3. The van der Waals surface area contributed by atoms with Gasteiger partial charge in [-0.1, -0.05) is 25.0 Å². The van der Waals surface area contributed by atoms with Gasteiger partial charge in [-0.05, 0) is 36.5 Å². The van der Waals surface area contributed by atoms with Gasteiger partial charge in [0.1, 0.15) is 0 Å². The SMILES string of the molecule is CN(CC1CCCC1)S(=O)(=O)Cc1ccc(C#N)cc1. The highest BCUT2D eigenvalue weighted by Crippen LogP contribution is 2.26. The third-order valence-electron chi connectivity index (χ3n) is 3.90. The van der Waals surface area contributed by atoms with Crippen LogP contribution in [-0.2, 0) is 15.8 Å². The smallest absolute Gasteiger partial charge is 0.212 e. The molecule has 1 aromatic carbocycles. The molecule has 0 N–H and O–H groups in total. The zero-order chi connectivity index (χ0) is 14.6. The average molecular weight is 292 g/mol. The molecule has 1 aliphatic carbocycles. The fourth-order valence-electron chi connectivity index (χ4n) is 2.67. The Balaban J connectivity index is 1.99. The van der Waals surface area contributed by atoms with Gasteiger partial charge in [0.2, 0.25) is 10.0 Å². The Labute approximate surface area is 121 Å². The Bertz CT molecular complexity index is 581. The molecule has 0 bridgehead atoms. The second kappa shape index (κ2) is 6.38. The van der Waals surface area contributed by atoms with Gasteiger partial charge in [-0.3, -0.25) is 0 Å². The first-order valence-electron chi connectivity index (χ1n) is 6.94. The molecule has 1 aliphatic rings. The lowest BCUT2D eigenvalue weighted by molar-refractivity contribution is 0.387. The van der Waals surface area contributed by atoms with E-state index in [1.807, 2.05) is 6.07 Å². The summed E-state index contributed by atoms with van der Waals surface area (Å²) in [4.78, 5) is 0. The maximum Gasteiger partial charge on any atom is 0.218 e. The van der Waals surface area contributed by atoms with Crippen LogP contribution in [0.1, 0.15) is 36.8 Å². The predicted molar refractivity (Wildman–Crippen MR) is 78.4 cm³/mol. The summed E-state index contributed by atoms with van der Waals surface area (Å²) < 4.78 is 26.1. The van der Waals surface area contributed by atoms with Crippen molar-refractivity contribution in [3.05, 3.63) is 35.4 Å². The van der Waals surface area contributed by atoms with Gasteiger partial charge in [-0.15, -0.1) is 0 Å². The van der Waals surface area contributed by atoms with E-state index in [0.29, 0.717) is 18.0 Å². The number of nitrogens with zero attached hydrogens (tertiary/aromatic N) is 2. The van der Waals surface area contributed by atoms with Crippen LogP contribution >= 0.6 is 0 Å². The lowest BCUT2D eigenvalue weighted by Crippen LogP contribution is -2.32. The van der Waals surface area contributed by atoms with E-state index in [1.165, 1.54) is 17.1 Å². The van der Waals surface area contributed by atoms with E-state index >= 15 is 0 Å². The number of nitriles is 1. The quantitative estimate of drug-likeness (QED) is 0.837. The molecular weight excluding hydrogens is 272 g/mol. The third kappa shape index (κ3) is 3.81. The molecule has 0 heterocycles. The molecule has 4 nitrogen and oxygen atoms in total. The summed E-state index contributed by atoms with van der Waals surface area (Å²) in [6, 6.07) is 8.75. The van der Waals surface area contributed by atoms with Crippen LogP contribution in [-0.4, -0.2) is 26.3 Å². The van der Waals surface area contributed by atoms with E-state index in [-0.39, 0.29) is 5.75 Å². The van der Waals surface area contributed by atoms with Crippen LogP contribution < -0.4 is 0 Å². The Morgan fingerprint density at radius 3 is 2.40 bits per heavy atom. The minimum atomic E-state index is -3.27. The van der Waals surface area contributed by atoms with Gasteiger partial charge < -0.3 is 0 Å². The number of hydrogen-bond acceptors (Lipinski definition) is 3. The summed E-state index contributed by atoms with van der Waals surface area (Å²) in [7, 11) is -1.61. The molecule has 1 aromatic rings. The monoisotopic (exact) mass is 292 g/mol. The molecule has 0 saturated heterocycles. The highest BCUT2D eigenvalue weighted by Gasteiger charge is 2.24. The van der Waals surface area contributed by atoms with Crippen molar-refractivity contribution in [2.45, 2.75) is 31.4 Å². The Morgan fingerprint density at radius 1 is 1.25 bits per heavy atom. The van der Waals surface area contributed by atoms with E-state index in [4.69, 9.17) is 5.26 Å². The van der Waals surface area contributed by atoms with Crippen LogP contribution in [0.15, 0.2) is 24.3 Å². The highest BCUT2D eigenvalue weighted by molar-refractivity contribution is 7.88. The second-order valence-corrected chi connectivity index (χ2v) is 7.57. The zero-order valence-corrected chi connectivity index (χ0v) is 12.6. The molecule has 108 valence electrons. The van der Waals surface area contributed by atoms with Crippen molar-refractivity contribution in [3.63, 3.8) is 0 Å². The minimum absolute atomic E-state index is 0.00191. The molecule has 0 aliphatic heterocycles. The van der Waals surface area contributed by atoms with E-state index in [2.05, 4.69) is 0 Å². The van der Waals surface area contributed by atoms with Crippen molar-refractivity contribution in [3.8, 4) is 6.07 Å². The summed E-state index contributed by atoms with van der Waals surface area (Å²) in [6.07, 6.45) is 4.70. The molecule has 5 heteroatoms. The van der Waals surface area contributed by atoms with E-state index in [1.54, 1.807) is 31.3 Å². The van der Waals surface area contributed by atoms with Gasteiger partial charge in [0.05, 0.1) is 17.4 Å². The molecule has 0 amide bonds. The average Bonchev–Trinajstić information content (AvgIpc) is 2.92. The molecule has 0 unspecified atom stereocenters. The lowest BCUT2D eigenvalue weighted by atomic mass is 10.1. The lowest BCUT2D eigenvalue weighted by Gasteiger charge is -2.20. The first-order valence-corrected chi connectivity index (χ1v) is 8.55. The second-order valence-electron chi connectivity index (χ2n) is 5.50. The van der Waals surface area contributed by atoms with Gasteiger partial charge in [0.15, 0.2) is 0 Å². The summed E-state index contributed by atoms with van der Waals surface area (Å²) in [5, 5.41) is 8.73. The summed E-state index contributed by atoms with van der Waals surface area (Å²) in [6.45, 7) is 0.624. The van der Waals surface area contributed by atoms with Gasteiger partial charge >= 0.3 is 0 Å². The van der Waals surface area contributed by atoms with Crippen LogP contribution in [0, 0.1) is 17.2 Å². The molecule has 0 spiro atoms. The van der Waals surface area contributed by atoms with Crippen molar-refractivity contribution in [1.29, 1.82) is 5.26 Å². The molecule has 20 heavy (non-hydrogen) atoms. The third-order valence-corrected chi connectivity index (χ3v) is 5.69. The first-order chi connectivity index (χ1) is 9.51. The van der Waals surface area contributed by atoms with Crippen molar-refractivity contribution < 1.29 is 8.42 Å². The first kappa shape index (κ1) is 15.0. The number of benzene rings is 1. The molecule has 1 saturated carbocycles. The number of rotatable bonds is 5. The van der Waals surface area contributed by atoms with E-state index in [9.17, 15) is 8.42 Å². The number of hydrogen-bond donors (Lipinski definition) is 0. The minimum Gasteiger partial charge on any atom is -0.212 e. The van der Waals surface area contributed by atoms with Crippen molar-refractivity contribution in [1.82, 2.24) is 4.31 Å². The van der Waals surface area contributed by atoms with Gasteiger partial charge in [0, 0.05) is 13.6 Å². The Morgan fingerprint density at radius 2 is 1.85 bits per heavy atom. The molecule has 0 aromatic heterocycles. The predicted octanol–water partition coefficient (Wildman–Crippen LogP) is 2.51. The normalized spacial score (nSPS) is 16.4. The van der Waals surface area contributed by atoms with Crippen molar-refractivity contribution in [2.24, 2.45) is 5.92 Å². The summed E-state index contributed by atoms with van der Waals surface area (Å²) >= 11 is 0. The Hall–Kier alpha value is -1.38. The van der Waals surface area contributed by atoms with E-state index < -0.39 is 10.0 Å². The Kier molecular flexibility index (Phi) is 4.79. The largest absolute Gasteiger partial charge is 0.218 e. The summed E-state index contributed by atoms with van der Waals surface area (Å²) in [5.41, 5.74) is 1.27. The van der Waals surface area contributed by atoms with Gasteiger partial charge in [0.25, 0.3) is 0 Å². The van der Waals surface area contributed by atoms with Gasteiger partial charge in [-0.25, -0.2) is 12.7 Å². The molecule has 0 atom stereocenters. The topological polar surface area (TPSA) is 61.2 Å². The highest BCUT2D eigenvalue weighted by atomic mass is 32.2. The van der Waals surface area contributed by atoms with Crippen molar-refractivity contribution >= 4 is 10.0 Å². The fourth-order valence-corrected chi connectivity index (χ4v) is 3.94. The van der Waals surface area contributed by atoms with Gasteiger partial charge in [-0.2, -0.15) is 5.26 Å². The molecule has 1 fully saturated rings. The molecule has 0 radical (unpaired) electrons. The van der Waals surface area contributed by atoms with Crippen LogP contribution in [0.2, 0.25) is 0 Å². The zero-order valence-electron chi connectivity index (χ0n) is 11.7.